The molecule has 0 saturated carbocycles. The third-order valence-electron chi connectivity index (χ3n) is 4.47. The molecule has 0 aliphatic heterocycles. The molecule has 156 valence electrons. The molecule has 0 radical (unpaired) electrons. The number of H-pyrrole nitrogens is 2. The second-order valence-electron chi connectivity index (χ2n) is 6.48. The summed E-state index contributed by atoms with van der Waals surface area (Å²) in [5.41, 5.74) is 0.965. The molecule has 0 atom stereocenters. The summed E-state index contributed by atoms with van der Waals surface area (Å²) in [6.07, 6.45) is -2.55. The summed E-state index contributed by atoms with van der Waals surface area (Å²) < 4.78 is 48.8. The van der Waals surface area contributed by atoms with Crippen LogP contribution in [0.3, 0.4) is 0 Å². The molecule has 0 aliphatic rings. The monoisotopic (exact) mass is 436 g/mol. The number of methoxy groups -OCH3 is 2. The van der Waals surface area contributed by atoms with Gasteiger partial charge in [0.25, 0.3) is 0 Å². The number of hydrogen-bond acceptors (Lipinski definition) is 2. The molecule has 0 saturated heterocycles. The lowest BCUT2D eigenvalue weighted by Crippen LogP contribution is -2.16. The van der Waals surface area contributed by atoms with E-state index in [9.17, 15) is 13.2 Å². The summed E-state index contributed by atoms with van der Waals surface area (Å²) in [6.45, 7) is 1.69. The Kier molecular flexibility index (Phi) is 6.31. The highest BCUT2D eigenvalue weighted by Crippen LogP contribution is 2.35. The van der Waals surface area contributed by atoms with E-state index in [0.717, 1.165) is 27.7 Å². The van der Waals surface area contributed by atoms with E-state index in [1.54, 1.807) is 26.2 Å². The first-order valence-corrected chi connectivity index (χ1v) is 9.33. The van der Waals surface area contributed by atoms with E-state index >= 15 is 0 Å². The van der Waals surface area contributed by atoms with Crippen molar-refractivity contribution in [1.82, 2.24) is 0 Å². The molecule has 2 heterocycles. The molecule has 2 N–H and O–H groups in total. The van der Waals surface area contributed by atoms with Gasteiger partial charge in [-0.1, -0.05) is 17.7 Å². The second-order valence-corrected chi connectivity index (χ2v) is 6.92. The summed E-state index contributed by atoms with van der Waals surface area (Å²) >= 11 is 5.85. The van der Waals surface area contributed by atoms with Crippen LogP contribution in [0.2, 0.25) is 5.02 Å². The molecule has 0 bridgehead atoms. The molecule has 2 aromatic carbocycles. The Balaban J connectivity index is 0.000000177. The Hall–Kier alpha value is -3.06. The van der Waals surface area contributed by atoms with E-state index in [-0.39, 0.29) is 5.52 Å². The van der Waals surface area contributed by atoms with Crippen LogP contribution in [-0.4, -0.2) is 14.2 Å². The normalized spacial score (nSPS) is 11.2. The number of aryl methyl sites for hydroxylation is 1. The van der Waals surface area contributed by atoms with Crippen molar-refractivity contribution in [2.24, 2.45) is 0 Å². The number of pyridine rings is 2. The molecular formula is C22H20ClF3N2O2+2. The summed E-state index contributed by atoms with van der Waals surface area (Å²) in [4.78, 5) is 5.84. The smallest absolute Gasteiger partial charge is 0.422 e. The molecule has 2 aromatic heterocycles. The minimum Gasteiger partial charge on any atom is -0.496 e. The first kappa shape index (κ1) is 21.6. The number of alkyl halides is 3. The van der Waals surface area contributed by atoms with Gasteiger partial charge in [-0.05, 0) is 24.3 Å². The molecular weight excluding hydrogens is 417 g/mol. The topological polar surface area (TPSA) is 46.7 Å². The minimum absolute atomic E-state index is 0.0526. The number of aromatic amines is 2. The minimum atomic E-state index is -4.38. The average Bonchev–Trinajstić information content (AvgIpc) is 2.71. The quantitative estimate of drug-likeness (QED) is 0.427. The number of aromatic nitrogens is 2. The van der Waals surface area contributed by atoms with Crippen LogP contribution in [0.25, 0.3) is 21.8 Å². The number of benzene rings is 2. The standard InChI is InChI=1S/C12H10F3NO.C10H8ClNO/c1-7-6-10(17-2)8-4-3-5-9(11(8)16-7)12(13,14)15;1-13-10-4-5-12-9-6-7(11)2-3-8(9)10/h3-6H,1-2H3;2-6H,1H3/p+2. The van der Waals surface area contributed by atoms with Crippen LogP contribution in [0, 0.1) is 6.92 Å². The fourth-order valence-electron chi connectivity index (χ4n) is 3.13. The SMILES string of the molecule is COc1cc(C)[nH+]c2c(C(F)(F)F)cccc12.COc1cc[nH+]c2cc(Cl)ccc12. The Labute approximate surface area is 176 Å². The Morgan fingerprint density at radius 2 is 1.63 bits per heavy atom. The highest BCUT2D eigenvalue weighted by atomic mass is 35.5. The Morgan fingerprint density at radius 1 is 0.900 bits per heavy atom. The van der Waals surface area contributed by atoms with E-state index in [0.29, 0.717) is 16.8 Å². The van der Waals surface area contributed by atoms with Crippen molar-refractivity contribution in [2.45, 2.75) is 13.1 Å². The maximum absolute atomic E-state index is 12.8. The lowest BCUT2D eigenvalue weighted by Gasteiger charge is -2.08. The number of para-hydroxylation sites is 1. The van der Waals surface area contributed by atoms with Gasteiger partial charge in [-0.15, -0.1) is 0 Å². The van der Waals surface area contributed by atoms with Gasteiger partial charge < -0.3 is 9.47 Å². The van der Waals surface area contributed by atoms with E-state index in [1.807, 2.05) is 30.5 Å². The first-order valence-electron chi connectivity index (χ1n) is 8.95. The largest absolute Gasteiger partial charge is 0.496 e. The number of fused-ring (bicyclic) bond motifs is 2. The van der Waals surface area contributed by atoms with E-state index < -0.39 is 11.7 Å². The van der Waals surface area contributed by atoms with Crippen molar-refractivity contribution in [3.63, 3.8) is 0 Å². The third kappa shape index (κ3) is 4.57. The highest BCUT2D eigenvalue weighted by molar-refractivity contribution is 6.31. The van der Waals surface area contributed by atoms with Crippen molar-refractivity contribution < 1.29 is 32.6 Å². The molecule has 30 heavy (non-hydrogen) atoms. The van der Waals surface area contributed by atoms with Gasteiger partial charge >= 0.3 is 6.18 Å². The molecule has 4 rings (SSSR count). The van der Waals surface area contributed by atoms with Gasteiger partial charge in [-0.25, -0.2) is 9.97 Å². The van der Waals surface area contributed by atoms with Gasteiger partial charge in [0.1, 0.15) is 17.1 Å². The zero-order valence-corrected chi connectivity index (χ0v) is 17.3. The average molecular weight is 437 g/mol. The lowest BCUT2D eigenvalue weighted by atomic mass is 10.1. The number of ether oxygens (including phenoxy) is 2. The third-order valence-corrected chi connectivity index (χ3v) is 4.70. The fourth-order valence-corrected chi connectivity index (χ4v) is 3.30. The maximum atomic E-state index is 12.8. The van der Waals surface area contributed by atoms with Crippen LogP contribution in [0.4, 0.5) is 13.2 Å². The lowest BCUT2D eigenvalue weighted by molar-refractivity contribution is -0.357. The fraction of sp³-hybridized carbons (Fsp3) is 0.182. The Bertz CT molecular complexity index is 1200. The summed E-state index contributed by atoms with van der Waals surface area (Å²) in [7, 11) is 3.10. The van der Waals surface area contributed by atoms with Gasteiger partial charge in [0.05, 0.1) is 25.0 Å². The van der Waals surface area contributed by atoms with Gasteiger partial charge in [0, 0.05) is 30.1 Å². The number of rotatable bonds is 2. The first-order chi connectivity index (χ1) is 14.2. The molecule has 0 fully saturated rings. The van der Waals surface area contributed by atoms with Crippen molar-refractivity contribution in [2.75, 3.05) is 14.2 Å². The molecule has 8 heteroatoms. The summed E-state index contributed by atoms with van der Waals surface area (Å²) in [5, 5.41) is 2.18. The Morgan fingerprint density at radius 3 is 2.30 bits per heavy atom. The molecule has 4 aromatic rings. The van der Waals surface area contributed by atoms with Gasteiger partial charge in [0.15, 0.2) is 11.9 Å². The number of hydrogen-bond donors (Lipinski definition) is 0. The zero-order chi connectivity index (χ0) is 21.9. The second kappa shape index (κ2) is 8.75. The van der Waals surface area contributed by atoms with E-state index in [1.165, 1.54) is 13.2 Å². The molecule has 0 spiro atoms. The van der Waals surface area contributed by atoms with Crippen LogP contribution in [0.15, 0.2) is 54.7 Å². The van der Waals surface area contributed by atoms with Crippen LogP contribution in [0.5, 0.6) is 11.5 Å². The van der Waals surface area contributed by atoms with Gasteiger partial charge in [0.2, 0.25) is 11.0 Å². The van der Waals surface area contributed by atoms with Crippen LogP contribution < -0.4 is 19.4 Å². The predicted octanol–water partition coefficient (Wildman–Crippen LogP) is 5.31. The molecule has 4 nitrogen and oxygen atoms in total. The summed E-state index contributed by atoms with van der Waals surface area (Å²) in [5.74, 6) is 1.28. The van der Waals surface area contributed by atoms with Gasteiger partial charge in [-0.2, -0.15) is 13.2 Å². The van der Waals surface area contributed by atoms with E-state index in [2.05, 4.69) is 9.97 Å². The molecule has 0 amide bonds. The molecule has 0 aliphatic carbocycles. The number of halogens is 4. The number of nitrogens with one attached hydrogen (secondary N) is 2. The highest BCUT2D eigenvalue weighted by Gasteiger charge is 2.36. The predicted molar refractivity (Wildman–Crippen MR) is 109 cm³/mol. The summed E-state index contributed by atoms with van der Waals surface area (Å²) in [6, 6.07) is 13.2. The van der Waals surface area contributed by atoms with E-state index in [4.69, 9.17) is 21.1 Å². The maximum Gasteiger partial charge on any atom is 0.422 e. The van der Waals surface area contributed by atoms with Crippen LogP contribution >= 0.6 is 11.6 Å². The van der Waals surface area contributed by atoms with Gasteiger partial charge in [-0.3, -0.25) is 0 Å². The van der Waals surface area contributed by atoms with Crippen molar-refractivity contribution in [3.05, 3.63) is 71.0 Å². The van der Waals surface area contributed by atoms with Crippen LogP contribution in [-0.2, 0) is 6.18 Å². The van der Waals surface area contributed by atoms with Crippen molar-refractivity contribution in [1.29, 1.82) is 0 Å². The molecule has 0 unspecified atom stereocenters. The van der Waals surface area contributed by atoms with Crippen molar-refractivity contribution in [3.8, 4) is 11.5 Å². The zero-order valence-electron chi connectivity index (χ0n) is 16.5. The van der Waals surface area contributed by atoms with Crippen LogP contribution in [0.1, 0.15) is 11.3 Å². The van der Waals surface area contributed by atoms with Crippen molar-refractivity contribution >= 4 is 33.4 Å².